The van der Waals surface area contributed by atoms with E-state index in [4.69, 9.17) is 16.3 Å². The summed E-state index contributed by atoms with van der Waals surface area (Å²) in [6.45, 7) is 2.04. The summed E-state index contributed by atoms with van der Waals surface area (Å²) in [4.78, 5) is 16.5. The van der Waals surface area contributed by atoms with E-state index in [0.29, 0.717) is 16.8 Å². The normalized spacial score (nSPS) is 10.5. The van der Waals surface area contributed by atoms with Gasteiger partial charge < -0.3 is 4.74 Å². The summed E-state index contributed by atoms with van der Waals surface area (Å²) in [7, 11) is 1.72. The van der Waals surface area contributed by atoms with Crippen LogP contribution in [0.5, 0.6) is 0 Å². The topological polar surface area (TPSA) is 57.0 Å². The molecule has 2 aromatic rings. The van der Waals surface area contributed by atoms with Gasteiger partial charge in [0, 0.05) is 7.05 Å². The molecular weight excluding hydrogens is 262 g/mol. The van der Waals surface area contributed by atoms with Crippen molar-refractivity contribution in [1.82, 2.24) is 14.8 Å². The molecule has 0 atom stereocenters. The number of carbonyl (C=O) groups excluding carboxylic acids is 1. The number of carbonyl (C=O) groups is 1. The smallest absolute Gasteiger partial charge is 0.378 e. The first kappa shape index (κ1) is 12.1. The van der Waals surface area contributed by atoms with Gasteiger partial charge in [0.1, 0.15) is 0 Å². The van der Waals surface area contributed by atoms with Crippen molar-refractivity contribution in [1.29, 1.82) is 0 Å². The molecule has 0 radical (unpaired) electrons. The maximum Gasteiger partial charge on any atom is 0.378 e. The molecule has 0 saturated carbocycles. The fraction of sp³-hybridized carbons (Fsp3) is 0.300. The summed E-state index contributed by atoms with van der Waals surface area (Å²) in [5.41, 5.74) is 0. The fourth-order valence-corrected chi connectivity index (χ4v) is 2.38. The van der Waals surface area contributed by atoms with Crippen molar-refractivity contribution in [2.75, 3.05) is 6.61 Å². The fourth-order valence-electron chi connectivity index (χ4n) is 1.32. The highest BCUT2D eigenvalue weighted by molar-refractivity contribution is 7.19. The maximum atomic E-state index is 11.5. The number of aromatic nitrogens is 3. The van der Waals surface area contributed by atoms with E-state index < -0.39 is 5.97 Å². The van der Waals surface area contributed by atoms with Crippen LogP contribution in [-0.4, -0.2) is 27.3 Å². The van der Waals surface area contributed by atoms with Gasteiger partial charge in [0.25, 0.3) is 5.82 Å². The molecule has 0 saturated heterocycles. The highest BCUT2D eigenvalue weighted by Gasteiger charge is 2.17. The van der Waals surface area contributed by atoms with Gasteiger partial charge in [-0.1, -0.05) is 11.6 Å². The SMILES string of the molecule is CCOC(=O)c1nc(-c2ccc(Cl)s2)n(C)n1. The van der Waals surface area contributed by atoms with Crippen molar-refractivity contribution >= 4 is 28.9 Å². The van der Waals surface area contributed by atoms with E-state index in [1.165, 1.54) is 16.0 Å². The Bertz CT molecular complexity index is 549. The van der Waals surface area contributed by atoms with Gasteiger partial charge in [0.15, 0.2) is 5.82 Å². The molecule has 17 heavy (non-hydrogen) atoms. The molecule has 7 heteroatoms. The zero-order valence-corrected chi connectivity index (χ0v) is 10.9. The monoisotopic (exact) mass is 271 g/mol. The maximum absolute atomic E-state index is 11.5. The first-order chi connectivity index (χ1) is 8.11. The van der Waals surface area contributed by atoms with Crippen LogP contribution in [0.3, 0.4) is 0 Å². The molecule has 0 unspecified atom stereocenters. The van der Waals surface area contributed by atoms with E-state index in [2.05, 4.69) is 10.1 Å². The zero-order chi connectivity index (χ0) is 12.4. The third kappa shape index (κ3) is 2.48. The summed E-state index contributed by atoms with van der Waals surface area (Å²) in [5.74, 6) is 0.149. The third-order valence-electron chi connectivity index (χ3n) is 2.01. The molecule has 2 aromatic heterocycles. The molecule has 0 aliphatic heterocycles. The lowest BCUT2D eigenvalue weighted by atomic mass is 10.4. The predicted molar refractivity (Wildman–Crippen MR) is 65.3 cm³/mol. The lowest BCUT2D eigenvalue weighted by Gasteiger charge is -1.94. The standard InChI is InChI=1S/C10H10ClN3O2S/c1-3-16-10(15)8-12-9(14(2)13-8)6-4-5-7(11)17-6/h4-5H,3H2,1-2H3. The van der Waals surface area contributed by atoms with Crippen LogP contribution in [0, 0.1) is 0 Å². The molecular formula is C10H10ClN3O2S. The van der Waals surface area contributed by atoms with Crippen LogP contribution in [-0.2, 0) is 11.8 Å². The number of aryl methyl sites for hydroxylation is 1. The van der Waals surface area contributed by atoms with E-state index in [0.717, 1.165) is 4.88 Å². The molecule has 0 amide bonds. The predicted octanol–water partition coefficient (Wildman–Crippen LogP) is 2.37. The van der Waals surface area contributed by atoms with E-state index in [-0.39, 0.29) is 5.82 Å². The highest BCUT2D eigenvalue weighted by Crippen LogP contribution is 2.29. The van der Waals surface area contributed by atoms with Gasteiger partial charge in [-0.3, -0.25) is 0 Å². The Hall–Kier alpha value is -1.40. The minimum atomic E-state index is -0.517. The molecule has 2 rings (SSSR count). The van der Waals surface area contributed by atoms with Crippen LogP contribution in [0.2, 0.25) is 4.34 Å². The van der Waals surface area contributed by atoms with Crippen molar-refractivity contribution in [3.63, 3.8) is 0 Å². The molecule has 0 aromatic carbocycles. The van der Waals surface area contributed by atoms with Gasteiger partial charge in [-0.25, -0.2) is 14.5 Å². The number of rotatable bonds is 3. The van der Waals surface area contributed by atoms with Crippen molar-refractivity contribution in [2.45, 2.75) is 6.92 Å². The third-order valence-corrected chi connectivity index (χ3v) is 3.24. The average Bonchev–Trinajstić information content (AvgIpc) is 2.85. The van der Waals surface area contributed by atoms with Crippen LogP contribution in [0.1, 0.15) is 17.5 Å². The first-order valence-corrected chi connectivity index (χ1v) is 6.15. The number of halogens is 1. The molecule has 0 bridgehead atoms. The summed E-state index contributed by atoms with van der Waals surface area (Å²) in [6.07, 6.45) is 0. The Morgan fingerprint density at radius 1 is 1.59 bits per heavy atom. The Labute approximate surface area is 107 Å². The lowest BCUT2D eigenvalue weighted by molar-refractivity contribution is 0.0512. The Morgan fingerprint density at radius 3 is 2.94 bits per heavy atom. The van der Waals surface area contributed by atoms with Crippen molar-refractivity contribution in [2.24, 2.45) is 7.05 Å². The van der Waals surface area contributed by atoms with Gasteiger partial charge >= 0.3 is 5.97 Å². The van der Waals surface area contributed by atoms with Crippen LogP contribution >= 0.6 is 22.9 Å². The number of thiophene rings is 1. The summed E-state index contributed by atoms with van der Waals surface area (Å²) < 4.78 is 7.04. The van der Waals surface area contributed by atoms with E-state index in [9.17, 15) is 4.79 Å². The summed E-state index contributed by atoms with van der Waals surface area (Å²) in [5, 5.41) is 4.01. The molecule has 0 aliphatic carbocycles. The number of nitrogens with zero attached hydrogens (tertiary/aromatic N) is 3. The van der Waals surface area contributed by atoms with Crippen LogP contribution in [0.25, 0.3) is 10.7 Å². The molecule has 0 N–H and O–H groups in total. The van der Waals surface area contributed by atoms with Gasteiger partial charge in [-0.05, 0) is 19.1 Å². The average molecular weight is 272 g/mol. The molecule has 0 spiro atoms. The zero-order valence-electron chi connectivity index (χ0n) is 9.31. The van der Waals surface area contributed by atoms with Crippen LogP contribution in [0.15, 0.2) is 12.1 Å². The Balaban J connectivity index is 2.34. The molecule has 90 valence electrons. The molecule has 2 heterocycles. The highest BCUT2D eigenvalue weighted by atomic mass is 35.5. The minimum absolute atomic E-state index is 0.0638. The summed E-state index contributed by atoms with van der Waals surface area (Å²) >= 11 is 7.23. The van der Waals surface area contributed by atoms with Gasteiger partial charge in [0.05, 0.1) is 15.8 Å². The number of hydrogen-bond donors (Lipinski definition) is 0. The van der Waals surface area contributed by atoms with E-state index >= 15 is 0 Å². The largest absolute Gasteiger partial charge is 0.460 e. The van der Waals surface area contributed by atoms with E-state index in [1.807, 2.05) is 6.07 Å². The Kier molecular flexibility index (Phi) is 3.44. The second kappa shape index (κ2) is 4.85. The van der Waals surface area contributed by atoms with Gasteiger partial charge in [-0.15, -0.1) is 16.4 Å². The number of hydrogen-bond acceptors (Lipinski definition) is 5. The summed E-state index contributed by atoms with van der Waals surface area (Å²) in [6, 6.07) is 3.62. The second-order valence-electron chi connectivity index (χ2n) is 3.21. The van der Waals surface area contributed by atoms with Crippen molar-refractivity contribution < 1.29 is 9.53 Å². The minimum Gasteiger partial charge on any atom is -0.460 e. The molecule has 0 fully saturated rings. The second-order valence-corrected chi connectivity index (χ2v) is 4.92. The number of esters is 1. The quantitative estimate of drug-likeness (QED) is 0.804. The van der Waals surface area contributed by atoms with Gasteiger partial charge in [-0.2, -0.15) is 0 Å². The van der Waals surface area contributed by atoms with Gasteiger partial charge in [0.2, 0.25) is 0 Å². The number of ether oxygens (including phenoxy) is 1. The Morgan fingerprint density at radius 2 is 2.35 bits per heavy atom. The van der Waals surface area contributed by atoms with Crippen LogP contribution < -0.4 is 0 Å². The molecule has 0 aliphatic rings. The van der Waals surface area contributed by atoms with Crippen LogP contribution in [0.4, 0.5) is 0 Å². The molecule has 5 nitrogen and oxygen atoms in total. The first-order valence-electron chi connectivity index (χ1n) is 4.95. The van der Waals surface area contributed by atoms with E-state index in [1.54, 1.807) is 20.0 Å². The lowest BCUT2D eigenvalue weighted by Crippen LogP contribution is -2.07. The van der Waals surface area contributed by atoms with Crippen molar-refractivity contribution in [3.8, 4) is 10.7 Å². The van der Waals surface area contributed by atoms with Crippen molar-refractivity contribution in [3.05, 3.63) is 22.3 Å².